The highest BCUT2D eigenvalue weighted by Gasteiger charge is 2.13. The average Bonchev–Trinajstić information content (AvgIpc) is 2.38. The first kappa shape index (κ1) is 12.2. The summed E-state index contributed by atoms with van der Waals surface area (Å²) in [6, 6.07) is 8.35. The van der Waals surface area contributed by atoms with E-state index in [1.807, 2.05) is 12.1 Å². The van der Waals surface area contributed by atoms with E-state index < -0.39 is 0 Å². The van der Waals surface area contributed by atoms with Crippen LogP contribution in [-0.4, -0.2) is 16.5 Å². The molecule has 0 aliphatic heterocycles. The molecule has 3 nitrogen and oxygen atoms in total. The number of rotatable bonds is 4. The van der Waals surface area contributed by atoms with Gasteiger partial charge in [-0.3, -0.25) is 9.97 Å². The van der Waals surface area contributed by atoms with Gasteiger partial charge in [-0.05, 0) is 24.2 Å². The van der Waals surface area contributed by atoms with Gasteiger partial charge in [-0.2, -0.15) is 0 Å². The second kappa shape index (κ2) is 5.89. The summed E-state index contributed by atoms with van der Waals surface area (Å²) in [6.45, 7) is 2.97. The Bertz CT molecular complexity index is 456. The Morgan fingerprint density at radius 1 is 1.24 bits per heavy atom. The molecule has 0 saturated carbocycles. The van der Waals surface area contributed by atoms with E-state index in [1.165, 1.54) is 5.56 Å². The third-order valence-corrected chi connectivity index (χ3v) is 3.02. The SMILES string of the molecule is CCNC(c1ccc(Br)cc1)c1cnccn1. The van der Waals surface area contributed by atoms with Gasteiger partial charge in [0, 0.05) is 16.9 Å². The van der Waals surface area contributed by atoms with Gasteiger partial charge in [-0.1, -0.05) is 35.0 Å². The normalized spacial score (nSPS) is 12.4. The Kier molecular flexibility index (Phi) is 4.23. The monoisotopic (exact) mass is 291 g/mol. The molecule has 0 spiro atoms. The van der Waals surface area contributed by atoms with Crippen LogP contribution in [-0.2, 0) is 0 Å². The zero-order valence-corrected chi connectivity index (χ0v) is 11.2. The highest BCUT2D eigenvalue weighted by atomic mass is 79.9. The van der Waals surface area contributed by atoms with E-state index in [2.05, 4.69) is 50.3 Å². The molecule has 1 unspecified atom stereocenters. The molecule has 0 bridgehead atoms. The number of benzene rings is 1. The summed E-state index contributed by atoms with van der Waals surface area (Å²) >= 11 is 3.44. The largest absolute Gasteiger partial charge is 0.305 e. The van der Waals surface area contributed by atoms with Crippen molar-refractivity contribution in [2.24, 2.45) is 0 Å². The van der Waals surface area contributed by atoms with Crippen molar-refractivity contribution in [3.8, 4) is 0 Å². The third kappa shape index (κ3) is 3.11. The number of hydrogen-bond acceptors (Lipinski definition) is 3. The van der Waals surface area contributed by atoms with Crippen LogP contribution in [0, 0.1) is 0 Å². The molecule has 0 saturated heterocycles. The van der Waals surface area contributed by atoms with Crippen LogP contribution in [0.1, 0.15) is 24.2 Å². The van der Waals surface area contributed by atoms with Crippen molar-refractivity contribution < 1.29 is 0 Å². The first-order valence-electron chi connectivity index (χ1n) is 5.56. The number of hydrogen-bond donors (Lipinski definition) is 1. The number of aromatic nitrogens is 2. The van der Waals surface area contributed by atoms with Crippen molar-refractivity contribution in [1.29, 1.82) is 0 Å². The van der Waals surface area contributed by atoms with Crippen molar-refractivity contribution in [1.82, 2.24) is 15.3 Å². The Labute approximate surface area is 109 Å². The lowest BCUT2D eigenvalue weighted by atomic mass is 10.0. The quantitative estimate of drug-likeness (QED) is 0.941. The molecule has 88 valence electrons. The van der Waals surface area contributed by atoms with Crippen molar-refractivity contribution >= 4 is 15.9 Å². The van der Waals surface area contributed by atoms with Gasteiger partial charge in [-0.25, -0.2) is 0 Å². The van der Waals surface area contributed by atoms with Gasteiger partial charge in [-0.15, -0.1) is 0 Å². The van der Waals surface area contributed by atoms with Crippen molar-refractivity contribution in [3.63, 3.8) is 0 Å². The summed E-state index contributed by atoms with van der Waals surface area (Å²) in [5.74, 6) is 0. The zero-order chi connectivity index (χ0) is 12.1. The average molecular weight is 292 g/mol. The van der Waals surface area contributed by atoms with E-state index in [0.717, 1.165) is 16.7 Å². The highest BCUT2D eigenvalue weighted by Crippen LogP contribution is 2.21. The Morgan fingerprint density at radius 3 is 2.59 bits per heavy atom. The topological polar surface area (TPSA) is 37.8 Å². The second-order valence-electron chi connectivity index (χ2n) is 3.67. The van der Waals surface area contributed by atoms with E-state index in [9.17, 15) is 0 Å². The molecule has 1 heterocycles. The lowest BCUT2D eigenvalue weighted by Crippen LogP contribution is -2.23. The minimum atomic E-state index is 0.0989. The number of nitrogens with zero attached hydrogens (tertiary/aromatic N) is 2. The molecule has 0 amide bonds. The molecule has 1 aromatic heterocycles. The predicted molar refractivity (Wildman–Crippen MR) is 71.7 cm³/mol. The molecule has 1 N–H and O–H groups in total. The van der Waals surface area contributed by atoms with Gasteiger partial charge in [0.1, 0.15) is 0 Å². The molecule has 0 aliphatic rings. The molecule has 17 heavy (non-hydrogen) atoms. The smallest absolute Gasteiger partial charge is 0.0801 e. The zero-order valence-electron chi connectivity index (χ0n) is 9.60. The van der Waals surface area contributed by atoms with Crippen molar-refractivity contribution in [2.75, 3.05) is 6.54 Å². The maximum Gasteiger partial charge on any atom is 0.0801 e. The van der Waals surface area contributed by atoms with Gasteiger partial charge in [0.25, 0.3) is 0 Å². The summed E-state index contributed by atoms with van der Waals surface area (Å²) in [7, 11) is 0. The molecule has 0 aliphatic carbocycles. The Hall–Kier alpha value is -1.26. The van der Waals surface area contributed by atoms with Crippen LogP contribution in [0.15, 0.2) is 47.3 Å². The van der Waals surface area contributed by atoms with E-state index >= 15 is 0 Å². The molecular formula is C13H14BrN3. The molecule has 2 rings (SSSR count). The fourth-order valence-electron chi connectivity index (χ4n) is 1.71. The van der Waals surface area contributed by atoms with Gasteiger partial charge in [0.05, 0.1) is 17.9 Å². The first-order valence-corrected chi connectivity index (χ1v) is 6.35. The summed E-state index contributed by atoms with van der Waals surface area (Å²) in [6.07, 6.45) is 5.21. The van der Waals surface area contributed by atoms with Crippen LogP contribution < -0.4 is 5.32 Å². The predicted octanol–water partition coefficient (Wildman–Crippen LogP) is 2.94. The minimum absolute atomic E-state index is 0.0989. The number of halogens is 1. The van der Waals surface area contributed by atoms with Gasteiger partial charge in [0.2, 0.25) is 0 Å². The van der Waals surface area contributed by atoms with Crippen LogP contribution >= 0.6 is 15.9 Å². The van der Waals surface area contributed by atoms with Crippen LogP contribution in [0.2, 0.25) is 0 Å². The first-order chi connectivity index (χ1) is 8.31. The maximum absolute atomic E-state index is 4.36. The van der Waals surface area contributed by atoms with Crippen LogP contribution in [0.25, 0.3) is 0 Å². The molecule has 0 radical (unpaired) electrons. The molecule has 1 atom stereocenters. The highest BCUT2D eigenvalue weighted by molar-refractivity contribution is 9.10. The third-order valence-electron chi connectivity index (χ3n) is 2.49. The minimum Gasteiger partial charge on any atom is -0.305 e. The fraction of sp³-hybridized carbons (Fsp3) is 0.231. The summed E-state index contributed by atoms with van der Waals surface area (Å²) < 4.78 is 1.08. The molecule has 0 fully saturated rings. The molecular weight excluding hydrogens is 278 g/mol. The summed E-state index contributed by atoms with van der Waals surface area (Å²) in [5.41, 5.74) is 2.13. The van der Waals surface area contributed by atoms with E-state index in [1.54, 1.807) is 18.6 Å². The van der Waals surface area contributed by atoms with E-state index in [-0.39, 0.29) is 6.04 Å². The van der Waals surface area contributed by atoms with Crippen molar-refractivity contribution in [2.45, 2.75) is 13.0 Å². The standard InChI is InChI=1S/C13H14BrN3/c1-2-16-13(12-9-15-7-8-17-12)10-3-5-11(14)6-4-10/h3-9,13,16H,2H2,1H3. The summed E-state index contributed by atoms with van der Waals surface area (Å²) in [4.78, 5) is 8.48. The summed E-state index contributed by atoms with van der Waals surface area (Å²) in [5, 5.41) is 3.42. The molecule has 4 heteroatoms. The Balaban J connectivity index is 2.32. The van der Waals surface area contributed by atoms with Gasteiger partial charge >= 0.3 is 0 Å². The Morgan fingerprint density at radius 2 is 2.00 bits per heavy atom. The lowest BCUT2D eigenvalue weighted by Gasteiger charge is -2.17. The van der Waals surface area contributed by atoms with Gasteiger partial charge in [0.15, 0.2) is 0 Å². The lowest BCUT2D eigenvalue weighted by molar-refractivity contribution is 0.612. The van der Waals surface area contributed by atoms with Crippen LogP contribution in [0.4, 0.5) is 0 Å². The maximum atomic E-state index is 4.36. The van der Waals surface area contributed by atoms with Crippen LogP contribution in [0.5, 0.6) is 0 Å². The molecule has 2 aromatic rings. The van der Waals surface area contributed by atoms with E-state index in [4.69, 9.17) is 0 Å². The van der Waals surface area contributed by atoms with Crippen molar-refractivity contribution in [3.05, 3.63) is 58.6 Å². The molecule has 1 aromatic carbocycles. The van der Waals surface area contributed by atoms with Crippen LogP contribution in [0.3, 0.4) is 0 Å². The second-order valence-corrected chi connectivity index (χ2v) is 4.59. The fourth-order valence-corrected chi connectivity index (χ4v) is 1.98. The number of nitrogens with one attached hydrogen (secondary N) is 1. The van der Waals surface area contributed by atoms with E-state index in [0.29, 0.717) is 0 Å². The van der Waals surface area contributed by atoms with Gasteiger partial charge < -0.3 is 5.32 Å².